The van der Waals surface area contributed by atoms with Crippen molar-refractivity contribution in [2.45, 2.75) is 45.6 Å². The van der Waals surface area contributed by atoms with Crippen LogP contribution in [0.4, 0.5) is 4.79 Å². The Morgan fingerprint density at radius 3 is 2.67 bits per heavy atom. The number of carbonyl (C=O) groups is 2. The standard InChI is InChI=1S/C13H24N2O3/c1-9-5-4-6-11(7-9)14-13(18)15(3)8-10(2)12(16)17/h9-11H,4-8H2,1-3H3,(H,14,18)(H,16,17). The number of aliphatic carboxylic acids is 1. The molecule has 1 saturated carbocycles. The molecule has 5 heteroatoms. The van der Waals surface area contributed by atoms with Crippen LogP contribution in [0.3, 0.4) is 0 Å². The Kier molecular flexibility index (Phi) is 5.44. The fourth-order valence-corrected chi connectivity index (χ4v) is 2.42. The van der Waals surface area contributed by atoms with Gasteiger partial charge < -0.3 is 15.3 Å². The maximum atomic E-state index is 11.9. The molecule has 0 aromatic carbocycles. The van der Waals surface area contributed by atoms with Crippen molar-refractivity contribution in [2.75, 3.05) is 13.6 Å². The van der Waals surface area contributed by atoms with E-state index in [1.54, 1.807) is 14.0 Å². The Labute approximate surface area is 109 Å². The van der Waals surface area contributed by atoms with Crippen molar-refractivity contribution < 1.29 is 14.7 Å². The van der Waals surface area contributed by atoms with Crippen LogP contribution in [0.15, 0.2) is 0 Å². The number of amides is 2. The highest BCUT2D eigenvalue weighted by atomic mass is 16.4. The van der Waals surface area contributed by atoms with Crippen LogP contribution in [-0.2, 0) is 4.79 Å². The van der Waals surface area contributed by atoms with E-state index in [1.165, 1.54) is 11.3 Å². The molecule has 0 radical (unpaired) electrons. The second-order valence-electron chi connectivity index (χ2n) is 5.54. The lowest BCUT2D eigenvalue weighted by Gasteiger charge is -2.29. The Morgan fingerprint density at radius 1 is 1.44 bits per heavy atom. The van der Waals surface area contributed by atoms with Crippen LogP contribution < -0.4 is 5.32 Å². The highest BCUT2D eigenvalue weighted by molar-refractivity contribution is 5.76. The van der Waals surface area contributed by atoms with E-state index in [0.29, 0.717) is 5.92 Å². The van der Waals surface area contributed by atoms with Gasteiger partial charge in [0.2, 0.25) is 0 Å². The molecule has 1 fully saturated rings. The van der Waals surface area contributed by atoms with Crippen molar-refractivity contribution in [1.82, 2.24) is 10.2 Å². The van der Waals surface area contributed by atoms with Gasteiger partial charge in [0.1, 0.15) is 0 Å². The van der Waals surface area contributed by atoms with Crippen LogP contribution in [0.2, 0.25) is 0 Å². The van der Waals surface area contributed by atoms with Gasteiger partial charge in [-0.15, -0.1) is 0 Å². The van der Waals surface area contributed by atoms with E-state index in [-0.39, 0.29) is 18.6 Å². The molecule has 0 spiro atoms. The van der Waals surface area contributed by atoms with Crippen LogP contribution >= 0.6 is 0 Å². The van der Waals surface area contributed by atoms with Crippen molar-refractivity contribution in [3.63, 3.8) is 0 Å². The molecule has 3 unspecified atom stereocenters. The van der Waals surface area contributed by atoms with E-state index in [2.05, 4.69) is 12.2 Å². The first-order valence-electron chi connectivity index (χ1n) is 6.64. The molecule has 2 amide bonds. The van der Waals surface area contributed by atoms with Gasteiger partial charge in [0.15, 0.2) is 0 Å². The van der Waals surface area contributed by atoms with E-state index in [0.717, 1.165) is 19.3 Å². The van der Waals surface area contributed by atoms with Gasteiger partial charge in [-0.1, -0.05) is 26.7 Å². The van der Waals surface area contributed by atoms with Crippen molar-refractivity contribution in [2.24, 2.45) is 11.8 Å². The zero-order chi connectivity index (χ0) is 13.7. The average Bonchev–Trinajstić information content (AvgIpc) is 2.28. The molecule has 0 aromatic rings. The van der Waals surface area contributed by atoms with Crippen molar-refractivity contribution in [1.29, 1.82) is 0 Å². The Bertz CT molecular complexity index is 307. The minimum absolute atomic E-state index is 0.165. The summed E-state index contributed by atoms with van der Waals surface area (Å²) in [5, 5.41) is 11.8. The van der Waals surface area contributed by atoms with Gasteiger partial charge in [-0.05, 0) is 18.8 Å². The third kappa shape index (κ3) is 4.55. The van der Waals surface area contributed by atoms with E-state index in [4.69, 9.17) is 5.11 Å². The number of carboxylic acid groups (broad SMARTS) is 1. The molecular formula is C13H24N2O3. The van der Waals surface area contributed by atoms with Crippen molar-refractivity contribution in [3.8, 4) is 0 Å². The van der Waals surface area contributed by atoms with E-state index >= 15 is 0 Å². The smallest absolute Gasteiger partial charge is 0.317 e. The Hall–Kier alpha value is -1.26. The monoisotopic (exact) mass is 256 g/mol. The Balaban J connectivity index is 2.37. The van der Waals surface area contributed by atoms with Gasteiger partial charge in [-0.2, -0.15) is 0 Å². The number of hydrogen-bond acceptors (Lipinski definition) is 2. The number of urea groups is 1. The SMILES string of the molecule is CC1CCCC(NC(=O)N(C)CC(C)C(=O)O)C1. The molecule has 18 heavy (non-hydrogen) atoms. The second-order valence-corrected chi connectivity index (χ2v) is 5.54. The summed E-state index contributed by atoms with van der Waals surface area (Å²) < 4.78 is 0. The highest BCUT2D eigenvalue weighted by Crippen LogP contribution is 2.23. The average molecular weight is 256 g/mol. The van der Waals surface area contributed by atoms with Crippen molar-refractivity contribution in [3.05, 3.63) is 0 Å². The first-order valence-corrected chi connectivity index (χ1v) is 6.64. The number of hydrogen-bond donors (Lipinski definition) is 2. The Morgan fingerprint density at radius 2 is 2.11 bits per heavy atom. The number of carbonyl (C=O) groups excluding carboxylic acids is 1. The van der Waals surface area contributed by atoms with E-state index < -0.39 is 11.9 Å². The molecule has 0 heterocycles. The summed E-state index contributed by atoms with van der Waals surface area (Å²) in [5.41, 5.74) is 0. The molecule has 1 rings (SSSR count). The van der Waals surface area contributed by atoms with Gasteiger partial charge in [0, 0.05) is 19.6 Å². The summed E-state index contributed by atoms with van der Waals surface area (Å²) >= 11 is 0. The summed E-state index contributed by atoms with van der Waals surface area (Å²) in [7, 11) is 1.64. The molecule has 1 aliphatic rings. The summed E-state index contributed by atoms with van der Waals surface area (Å²) in [6, 6.07) is 0.0750. The highest BCUT2D eigenvalue weighted by Gasteiger charge is 2.23. The number of rotatable bonds is 4. The fourth-order valence-electron chi connectivity index (χ4n) is 2.42. The minimum atomic E-state index is -0.874. The first kappa shape index (κ1) is 14.8. The third-order valence-electron chi connectivity index (χ3n) is 3.58. The maximum absolute atomic E-state index is 11.9. The molecular weight excluding hydrogens is 232 g/mol. The quantitative estimate of drug-likeness (QED) is 0.807. The molecule has 0 aliphatic heterocycles. The molecule has 5 nitrogen and oxygen atoms in total. The predicted molar refractivity (Wildman–Crippen MR) is 69.4 cm³/mol. The number of nitrogens with zero attached hydrogens (tertiary/aromatic N) is 1. The molecule has 0 bridgehead atoms. The first-order chi connectivity index (χ1) is 8.40. The molecule has 0 aromatic heterocycles. The largest absolute Gasteiger partial charge is 0.481 e. The van der Waals surface area contributed by atoms with Crippen LogP contribution in [0, 0.1) is 11.8 Å². The second kappa shape index (κ2) is 6.61. The lowest BCUT2D eigenvalue weighted by atomic mass is 9.87. The van der Waals surface area contributed by atoms with Crippen molar-refractivity contribution >= 4 is 12.0 Å². The third-order valence-corrected chi connectivity index (χ3v) is 3.58. The summed E-state index contributed by atoms with van der Waals surface area (Å²) in [6.45, 7) is 4.05. The lowest BCUT2D eigenvalue weighted by molar-refractivity contribution is -0.141. The topological polar surface area (TPSA) is 69.6 Å². The van der Waals surface area contributed by atoms with Gasteiger partial charge >= 0.3 is 12.0 Å². The molecule has 0 saturated heterocycles. The predicted octanol–water partition coefficient (Wildman–Crippen LogP) is 1.93. The zero-order valence-electron chi connectivity index (χ0n) is 11.5. The van der Waals surface area contributed by atoms with Crippen LogP contribution in [-0.4, -0.2) is 41.6 Å². The van der Waals surface area contributed by atoms with Crippen LogP contribution in [0.25, 0.3) is 0 Å². The lowest BCUT2D eigenvalue weighted by Crippen LogP contribution is -2.46. The van der Waals surface area contributed by atoms with E-state index in [1.807, 2.05) is 0 Å². The summed E-state index contributed by atoms with van der Waals surface area (Å²) in [4.78, 5) is 24.1. The summed E-state index contributed by atoms with van der Waals surface area (Å²) in [6.07, 6.45) is 4.44. The van der Waals surface area contributed by atoms with Gasteiger partial charge in [-0.25, -0.2) is 4.79 Å². The summed E-state index contributed by atoms with van der Waals surface area (Å²) in [5.74, 6) is -0.751. The number of carboxylic acids is 1. The van der Waals surface area contributed by atoms with Gasteiger partial charge in [0.05, 0.1) is 5.92 Å². The normalized spacial score (nSPS) is 25.3. The van der Waals surface area contributed by atoms with Gasteiger partial charge in [0.25, 0.3) is 0 Å². The minimum Gasteiger partial charge on any atom is -0.481 e. The molecule has 1 aliphatic carbocycles. The molecule has 2 N–H and O–H groups in total. The molecule has 3 atom stereocenters. The van der Waals surface area contributed by atoms with Crippen LogP contribution in [0.5, 0.6) is 0 Å². The molecule has 104 valence electrons. The zero-order valence-corrected chi connectivity index (χ0v) is 11.5. The number of nitrogens with one attached hydrogen (secondary N) is 1. The van der Waals surface area contributed by atoms with E-state index in [9.17, 15) is 9.59 Å². The van der Waals surface area contributed by atoms with Crippen LogP contribution in [0.1, 0.15) is 39.5 Å². The fraction of sp³-hybridized carbons (Fsp3) is 0.846. The maximum Gasteiger partial charge on any atom is 0.317 e. The van der Waals surface area contributed by atoms with Gasteiger partial charge in [-0.3, -0.25) is 4.79 Å².